The monoisotopic (exact) mass is 272 g/mol. The number of hydrogen-bond acceptors (Lipinski definition) is 3. The summed E-state index contributed by atoms with van der Waals surface area (Å²) in [5.41, 5.74) is 1.02. The van der Waals surface area contributed by atoms with Crippen LogP contribution in [0, 0.1) is 17.8 Å². The highest BCUT2D eigenvalue weighted by molar-refractivity contribution is 5.94. The number of carbonyl (C=O) groups excluding carboxylic acids is 1. The Labute approximate surface area is 119 Å². The van der Waals surface area contributed by atoms with E-state index in [0.29, 0.717) is 23.6 Å². The van der Waals surface area contributed by atoms with Crippen LogP contribution < -0.4 is 0 Å². The van der Waals surface area contributed by atoms with Crippen molar-refractivity contribution in [3.8, 4) is 11.8 Å². The fraction of sp³-hybridized carbons (Fsp3) is 0.500. The van der Waals surface area contributed by atoms with E-state index in [0.717, 1.165) is 0 Å². The summed E-state index contributed by atoms with van der Waals surface area (Å²) in [7, 11) is 1.82. The first-order valence-corrected chi connectivity index (χ1v) is 6.97. The summed E-state index contributed by atoms with van der Waals surface area (Å²) in [4.78, 5) is 18.5. The van der Waals surface area contributed by atoms with Gasteiger partial charge in [0.2, 0.25) is 0 Å². The lowest BCUT2D eigenvalue weighted by molar-refractivity contribution is 0.0721. The largest absolute Gasteiger partial charge is 0.395 e. The van der Waals surface area contributed by atoms with E-state index in [-0.39, 0.29) is 18.6 Å². The summed E-state index contributed by atoms with van der Waals surface area (Å²) in [6.07, 6.45) is 4.41. The summed E-state index contributed by atoms with van der Waals surface area (Å²) in [5, 5.41) is 8.76. The van der Waals surface area contributed by atoms with Gasteiger partial charge in [0.25, 0.3) is 5.91 Å². The zero-order valence-corrected chi connectivity index (χ0v) is 12.0. The molecule has 4 heteroatoms. The second-order valence-corrected chi connectivity index (χ2v) is 5.17. The number of nitrogens with zero attached hydrogens (tertiary/aromatic N) is 2. The Hall–Kier alpha value is -1.86. The summed E-state index contributed by atoms with van der Waals surface area (Å²) in [6, 6.07) is 3.80. The topological polar surface area (TPSA) is 53.4 Å². The molecule has 106 valence electrons. The van der Waals surface area contributed by atoms with Gasteiger partial charge in [-0.3, -0.25) is 4.79 Å². The molecule has 1 aliphatic rings. The molecule has 1 aliphatic carbocycles. The lowest BCUT2D eigenvalue weighted by Gasteiger charge is -2.24. The number of aliphatic hydroxyl groups is 1. The van der Waals surface area contributed by atoms with Gasteiger partial charge >= 0.3 is 0 Å². The van der Waals surface area contributed by atoms with Crippen LogP contribution in [0.3, 0.4) is 0 Å². The molecule has 1 heterocycles. The van der Waals surface area contributed by atoms with Gasteiger partial charge in [0.15, 0.2) is 0 Å². The third kappa shape index (κ3) is 3.37. The van der Waals surface area contributed by atoms with Gasteiger partial charge in [-0.2, -0.15) is 0 Å². The third-order valence-corrected chi connectivity index (χ3v) is 3.71. The Morgan fingerprint density at radius 3 is 3.00 bits per heavy atom. The first kappa shape index (κ1) is 14.5. The molecule has 1 fully saturated rings. The number of pyridine rings is 1. The van der Waals surface area contributed by atoms with E-state index in [2.05, 4.69) is 23.7 Å². The van der Waals surface area contributed by atoms with Crippen molar-refractivity contribution in [2.75, 3.05) is 13.7 Å². The Morgan fingerprint density at radius 2 is 2.35 bits per heavy atom. The van der Waals surface area contributed by atoms with Crippen LogP contribution in [-0.4, -0.2) is 40.6 Å². The van der Waals surface area contributed by atoms with Crippen molar-refractivity contribution in [2.24, 2.45) is 5.92 Å². The molecule has 20 heavy (non-hydrogen) atoms. The number of aliphatic hydroxyl groups excluding tert-OH is 1. The standard InChI is InChI=1S/C16H20N2O2/c1-12(13-8-9-13)18(2)16(20)15-14(6-3-4-11-19)7-5-10-17-15/h5,7,10,12-13,19H,4,8-9,11H2,1-2H3. The average Bonchev–Trinajstić information content (AvgIpc) is 3.30. The molecule has 0 bridgehead atoms. The van der Waals surface area contributed by atoms with Crippen molar-refractivity contribution in [3.05, 3.63) is 29.6 Å². The lowest BCUT2D eigenvalue weighted by Crippen LogP contribution is -2.37. The van der Waals surface area contributed by atoms with Crippen molar-refractivity contribution in [2.45, 2.75) is 32.2 Å². The van der Waals surface area contributed by atoms with Crippen LogP contribution in [0.1, 0.15) is 42.2 Å². The average molecular weight is 272 g/mol. The van der Waals surface area contributed by atoms with Crippen LogP contribution in [0.4, 0.5) is 0 Å². The smallest absolute Gasteiger partial charge is 0.273 e. The second-order valence-electron chi connectivity index (χ2n) is 5.17. The first-order valence-electron chi connectivity index (χ1n) is 6.97. The maximum absolute atomic E-state index is 12.5. The molecule has 1 saturated carbocycles. The normalized spacial score (nSPS) is 15.2. The molecule has 2 rings (SSSR count). The van der Waals surface area contributed by atoms with Crippen molar-refractivity contribution >= 4 is 5.91 Å². The van der Waals surface area contributed by atoms with Crippen LogP contribution in [-0.2, 0) is 0 Å². The minimum atomic E-state index is -0.0849. The highest BCUT2D eigenvalue weighted by Crippen LogP contribution is 2.35. The van der Waals surface area contributed by atoms with Crippen LogP contribution in [0.2, 0.25) is 0 Å². The Balaban J connectivity index is 2.19. The predicted molar refractivity (Wildman–Crippen MR) is 77.1 cm³/mol. The van der Waals surface area contributed by atoms with E-state index < -0.39 is 0 Å². The van der Waals surface area contributed by atoms with Gasteiger partial charge in [0.05, 0.1) is 12.2 Å². The molecule has 1 amide bonds. The number of aromatic nitrogens is 1. The molecule has 0 saturated heterocycles. The van der Waals surface area contributed by atoms with Crippen molar-refractivity contribution in [3.63, 3.8) is 0 Å². The van der Waals surface area contributed by atoms with E-state index in [9.17, 15) is 4.79 Å². The molecule has 1 aromatic heterocycles. The molecular formula is C16H20N2O2. The minimum Gasteiger partial charge on any atom is -0.395 e. The molecule has 1 aromatic rings. The molecule has 0 radical (unpaired) electrons. The quantitative estimate of drug-likeness (QED) is 0.849. The fourth-order valence-electron chi connectivity index (χ4n) is 2.14. The van der Waals surface area contributed by atoms with Crippen LogP contribution >= 0.6 is 0 Å². The second kappa shape index (κ2) is 6.53. The Kier molecular flexibility index (Phi) is 4.75. The number of carbonyl (C=O) groups is 1. The van der Waals surface area contributed by atoms with E-state index in [1.165, 1.54) is 12.8 Å². The number of hydrogen-bond donors (Lipinski definition) is 1. The van der Waals surface area contributed by atoms with E-state index in [1.54, 1.807) is 23.2 Å². The Morgan fingerprint density at radius 1 is 1.60 bits per heavy atom. The summed E-state index contributed by atoms with van der Waals surface area (Å²) in [6.45, 7) is 2.10. The van der Waals surface area contributed by atoms with Crippen LogP contribution in [0.25, 0.3) is 0 Å². The number of amides is 1. The zero-order valence-electron chi connectivity index (χ0n) is 12.0. The Bertz CT molecular complexity index is 541. The summed E-state index contributed by atoms with van der Waals surface area (Å²) >= 11 is 0. The van der Waals surface area contributed by atoms with E-state index >= 15 is 0 Å². The first-order chi connectivity index (χ1) is 9.65. The van der Waals surface area contributed by atoms with Gasteiger partial charge < -0.3 is 10.0 Å². The summed E-state index contributed by atoms with van der Waals surface area (Å²) < 4.78 is 0. The van der Waals surface area contributed by atoms with Gasteiger partial charge in [0, 0.05) is 25.7 Å². The molecule has 0 aromatic carbocycles. The highest BCUT2D eigenvalue weighted by atomic mass is 16.2. The van der Waals surface area contributed by atoms with Crippen LogP contribution in [0.15, 0.2) is 18.3 Å². The molecule has 0 spiro atoms. The SMILES string of the molecule is CC(C1CC1)N(C)C(=O)c1ncccc1C#CCCO. The fourth-order valence-corrected chi connectivity index (χ4v) is 2.14. The lowest BCUT2D eigenvalue weighted by atomic mass is 10.1. The predicted octanol–water partition coefficient (Wildman–Crippen LogP) is 1.69. The molecule has 1 atom stereocenters. The van der Waals surface area contributed by atoms with Gasteiger partial charge in [-0.1, -0.05) is 11.8 Å². The van der Waals surface area contributed by atoms with Crippen molar-refractivity contribution in [1.29, 1.82) is 0 Å². The minimum absolute atomic E-state index is 0.0230. The maximum Gasteiger partial charge on any atom is 0.273 e. The maximum atomic E-state index is 12.5. The molecule has 4 nitrogen and oxygen atoms in total. The number of rotatable bonds is 4. The third-order valence-electron chi connectivity index (χ3n) is 3.71. The molecule has 1 N–H and O–H groups in total. The van der Waals surface area contributed by atoms with E-state index in [4.69, 9.17) is 5.11 Å². The molecular weight excluding hydrogens is 252 g/mol. The van der Waals surface area contributed by atoms with Gasteiger partial charge in [-0.15, -0.1) is 0 Å². The molecule has 1 unspecified atom stereocenters. The highest BCUT2D eigenvalue weighted by Gasteiger charge is 2.33. The van der Waals surface area contributed by atoms with Crippen molar-refractivity contribution in [1.82, 2.24) is 9.88 Å². The zero-order chi connectivity index (χ0) is 14.5. The van der Waals surface area contributed by atoms with Gasteiger partial charge in [-0.25, -0.2) is 4.98 Å². The van der Waals surface area contributed by atoms with Gasteiger partial charge in [0.1, 0.15) is 5.69 Å². The molecule has 0 aliphatic heterocycles. The summed E-state index contributed by atoms with van der Waals surface area (Å²) in [5.74, 6) is 6.29. The van der Waals surface area contributed by atoms with E-state index in [1.807, 2.05) is 7.05 Å². The van der Waals surface area contributed by atoms with Crippen molar-refractivity contribution < 1.29 is 9.90 Å². The van der Waals surface area contributed by atoms with Crippen LogP contribution in [0.5, 0.6) is 0 Å². The van der Waals surface area contributed by atoms with Gasteiger partial charge in [-0.05, 0) is 37.8 Å².